The molecule has 0 bridgehead atoms. The van der Waals surface area contributed by atoms with Gasteiger partial charge in [0.2, 0.25) is 0 Å². The minimum absolute atomic E-state index is 0.128. The highest BCUT2D eigenvalue weighted by Gasteiger charge is 2.27. The van der Waals surface area contributed by atoms with Gasteiger partial charge in [-0.15, -0.1) is 0 Å². The van der Waals surface area contributed by atoms with Gasteiger partial charge in [-0.1, -0.05) is 35.0 Å². The third-order valence-corrected chi connectivity index (χ3v) is 4.66. The number of urea groups is 1. The van der Waals surface area contributed by atoms with Gasteiger partial charge in [0.1, 0.15) is 13.2 Å². The summed E-state index contributed by atoms with van der Waals surface area (Å²) in [6.45, 7) is 5.77. The van der Waals surface area contributed by atoms with E-state index in [0.717, 1.165) is 17.7 Å². The van der Waals surface area contributed by atoms with Crippen LogP contribution in [0.1, 0.15) is 32.8 Å². The maximum atomic E-state index is 12.4. The predicted molar refractivity (Wildman–Crippen MR) is 108 cm³/mol. The summed E-state index contributed by atoms with van der Waals surface area (Å²) in [5, 5.41) is 19.1. The molecule has 0 heterocycles. The molecule has 6 nitrogen and oxygen atoms in total. The Balaban J connectivity index is 2.11. The fourth-order valence-corrected chi connectivity index (χ4v) is 2.97. The summed E-state index contributed by atoms with van der Waals surface area (Å²) in [6.07, 6.45) is 7.00. The third-order valence-electron chi connectivity index (χ3n) is 4.33. The summed E-state index contributed by atoms with van der Waals surface area (Å²) in [4.78, 5) is 17.3. The van der Waals surface area contributed by atoms with Gasteiger partial charge < -0.3 is 15.5 Å². The van der Waals surface area contributed by atoms with Crippen molar-refractivity contribution >= 4 is 29.0 Å². The van der Waals surface area contributed by atoms with Crippen molar-refractivity contribution in [2.75, 3.05) is 12.4 Å². The molecule has 2 N–H and O–H groups in total. The second-order valence-electron chi connectivity index (χ2n) is 6.79. The van der Waals surface area contributed by atoms with Crippen LogP contribution in [0.5, 0.6) is 0 Å². The Morgan fingerprint density at radius 2 is 2.19 bits per heavy atom. The quantitative estimate of drug-likeness (QED) is 0.571. The number of hydrogen-bond acceptors (Lipinski definition) is 4. The molecule has 1 aromatic carbocycles. The molecule has 2 amide bonds. The number of amides is 2. The van der Waals surface area contributed by atoms with Crippen molar-refractivity contribution < 1.29 is 9.63 Å². The summed E-state index contributed by atoms with van der Waals surface area (Å²) in [7, 11) is 1.52. The van der Waals surface area contributed by atoms with Crippen molar-refractivity contribution in [3.8, 4) is 6.07 Å². The van der Waals surface area contributed by atoms with Crippen LogP contribution in [-0.4, -0.2) is 24.4 Å². The molecular weight excluding hydrogens is 364 g/mol. The number of carbonyl (C=O) groups excluding carboxylic acids is 1. The van der Waals surface area contributed by atoms with E-state index in [-0.39, 0.29) is 11.9 Å². The summed E-state index contributed by atoms with van der Waals surface area (Å²) < 4.78 is 0. The maximum Gasteiger partial charge on any atom is 0.319 e. The van der Waals surface area contributed by atoms with Gasteiger partial charge in [-0.05, 0) is 51.0 Å². The number of hydrogen-bond donors (Lipinski definition) is 2. The van der Waals surface area contributed by atoms with Crippen LogP contribution in [0.2, 0.25) is 5.02 Å². The zero-order chi connectivity index (χ0) is 20.0. The standard InChI is InChI=1S/C20H23ClN4O2/c1-13(25-27-4)14-6-5-7-16(10-14)20(2,3)24-19(26)23-17-8-9-18(21)15(11-17)12-22/h5,7-11,14H,6H2,1-4H3,(H2,23,24,26). The van der Waals surface area contributed by atoms with Crippen LogP contribution in [0.3, 0.4) is 0 Å². The van der Waals surface area contributed by atoms with E-state index < -0.39 is 5.54 Å². The molecule has 0 saturated heterocycles. The second kappa shape index (κ2) is 8.74. The average molecular weight is 387 g/mol. The average Bonchev–Trinajstić information content (AvgIpc) is 2.63. The molecule has 142 valence electrons. The number of nitrogens with one attached hydrogen (secondary N) is 2. The van der Waals surface area contributed by atoms with E-state index in [1.807, 2.05) is 32.9 Å². The molecule has 1 aromatic rings. The molecule has 1 unspecified atom stereocenters. The molecule has 2 rings (SSSR count). The van der Waals surface area contributed by atoms with Crippen molar-refractivity contribution in [3.63, 3.8) is 0 Å². The molecule has 1 aliphatic rings. The number of halogens is 1. The summed E-state index contributed by atoms with van der Waals surface area (Å²) >= 11 is 5.92. The zero-order valence-corrected chi connectivity index (χ0v) is 16.6. The van der Waals surface area contributed by atoms with E-state index in [1.54, 1.807) is 12.1 Å². The van der Waals surface area contributed by atoms with Crippen LogP contribution < -0.4 is 10.6 Å². The lowest BCUT2D eigenvalue weighted by molar-refractivity contribution is 0.211. The number of benzene rings is 1. The first-order chi connectivity index (χ1) is 12.8. The van der Waals surface area contributed by atoms with Gasteiger partial charge in [0, 0.05) is 11.6 Å². The minimum atomic E-state index is -0.600. The lowest BCUT2D eigenvalue weighted by atomic mass is 9.84. The predicted octanol–water partition coefficient (Wildman–Crippen LogP) is 4.64. The molecule has 1 aliphatic carbocycles. The fraction of sp³-hybridized carbons (Fsp3) is 0.350. The topological polar surface area (TPSA) is 86.5 Å². The smallest absolute Gasteiger partial charge is 0.319 e. The van der Waals surface area contributed by atoms with Crippen molar-refractivity contribution in [2.45, 2.75) is 32.7 Å². The first-order valence-electron chi connectivity index (χ1n) is 8.52. The monoisotopic (exact) mass is 386 g/mol. The van der Waals surface area contributed by atoms with E-state index in [0.29, 0.717) is 16.3 Å². The molecular formula is C20H23ClN4O2. The van der Waals surface area contributed by atoms with Crippen molar-refractivity contribution in [1.82, 2.24) is 5.32 Å². The number of carbonyl (C=O) groups is 1. The summed E-state index contributed by atoms with van der Waals surface area (Å²) in [5.74, 6) is 0.128. The number of nitrogens with zero attached hydrogens (tertiary/aromatic N) is 2. The summed E-state index contributed by atoms with van der Waals surface area (Å²) in [5.41, 5.74) is 2.07. The molecule has 7 heteroatoms. The van der Waals surface area contributed by atoms with Gasteiger partial charge in [0.25, 0.3) is 0 Å². The molecule has 27 heavy (non-hydrogen) atoms. The Hall–Kier alpha value is -2.78. The molecule has 0 radical (unpaired) electrons. The van der Waals surface area contributed by atoms with Crippen LogP contribution in [0, 0.1) is 17.2 Å². The lowest BCUT2D eigenvalue weighted by Gasteiger charge is -2.31. The SMILES string of the molecule is CON=C(C)C1C=C(C(C)(C)NC(=O)Nc2ccc(Cl)c(C#N)c2)C=CC1. The molecule has 0 fully saturated rings. The van der Waals surface area contributed by atoms with Crippen LogP contribution in [0.4, 0.5) is 10.5 Å². The second-order valence-corrected chi connectivity index (χ2v) is 7.20. The number of oxime groups is 1. The van der Waals surface area contributed by atoms with Crippen molar-refractivity contribution in [3.05, 3.63) is 52.6 Å². The van der Waals surface area contributed by atoms with Crippen molar-refractivity contribution in [2.24, 2.45) is 11.1 Å². The number of anilines is 1. The normalized spacial score (nSPS) is 17.0. The Morgan fingerprint density at radius 1 is 1.44 bits per heavy atom. The van der Waals surface area contributed by atoms with Gasteiger partial charge in [0.15, 0.2) is 0 Å². The maximum absolute atomic E-state index is 12.4. The Morgan fingerprint density at radius 3 is 2.85 bits per heavy atom. The highest BCUT2D eigenvalue weighted by atomic mass is 35.5. The molecule has 1 atom stereocenters. The van der Waals surface area contributed by atoms with Gasteiger partial charge in [-0.3, -0.25) is 0 Å². The van der Waals surface area contributed by atoms with E-state index in [1.165, 1.54) is 13.2 Å². The third kappa shape index (κ3) is 5.35. The number of rotatable bonds is 5. The van der Waals surface area contributed by atoms with Crippen LogP contribution in [0.25, 0.3) is 0 Å². The van der Waals surface area contributed by atoms with E-state index in [2.05, 4.69) is 27.9 Å². The van der Waals surface area contributed by atoms with E-state index in [4.69, 9.17) is 21.7 Å². The van der Waals surface area contributed by atoms with E-state index in [9.17, 15) is 4.79 Å². The molecule has 0 saturated carbocycles. The van der Waals surface area contributed by atoms with Gasteiger partial charge in [0.05, 0.1) is 21.8 Å². The Labute approximate surface area is 164 Å². The van der Waals surface area contributed by atoms with Crippen LogP contribution in [0.15, 0.2) is 47.2 Å². The van der Waals surface area contributed by atoms with Gasteiger partial charge in [-0.25, -0.2) is 4.79 Å². The van der Waals surface area contributed by atoms with E-state index >= 15 is 0 Å². The molecule has 0 aliphatic heterocycles. The molecule has 0 aromatic heterocycles. The van der Waals surface area contributed by atoms with Crippen LogP contribution in [-0.2, 0) is 4.84 Å². The Kier molecular flexibility index (Phi) is 6.65. The zero-order valence-electron chi connectivity index (χ0n) is 15.8. The molecule has 0 spiro atoms. The Bertz CT molecular complexity index is 850. The fourth-order valence-electron chi connectivity index (χ4n) is 2.81. The first kappa shape index (κ1) is 20.5. The van der Waals surface area contributed by atoms with Gasteiger partial charge in [-0.2, -0.15) is 5.26 Å². The van der Waals surface area contributed by atoms with Crippen LogP contribution >= 0.6 is 11.6 Å². The van der Waals surface area contributed by atoms with Crippen molar-refractivity contribution in [1.29, 1.82) is 5.26 Å². The minimum Gasteiger partial charge on any atom is -0.399 e. The number of nitriles is 1. The highest BCUT2D eigenvalue weighted by molar-refractivity contribution is 6.31. The first-order valence-corrected chi connectivity index (χ1v) is 8.90. The number of allylic oxidation sites excluding steroid dienone is 2. The van der Waals surface area contributed by atoms with Gasteiger partial charge >= 0.3 is 6.03 Å². The summed E-state index contributed by atoms with van der Waals surface area (Å²) in [6, 6.07) is 6.39. The largest absolute Gasteiger partial charge is 0.399 e. The lowest BCUT2D eigenvalue weighted by Crippen LogP contribution is -2.47. The highest BCUT2D eigenvalue weighted by Crippen LogP contribution is 2.26.